The first kappa shape index (κ1) is 9.22. The van der Waals surface area contributed by atoms with Crippen molar-refractivity contribution in [1.29, 1.82) is 0 Å². The molecule has 0 N–H and O–H groups in total. The minimum Gasteiger partial charge on any atom is -0.236 e. The molecule has 3 heteroatoms. The first-order valence-corrected chi connectivity index (χ1v) is 5.73. The molecule has 0 saturated carbocycles. The summed E-state index contributed by atoms with van der Waals surface area (Å²) in [5, 5.41) is 3.70. The first-order chi connectivity index (χ1) is 6.31. The Kier molecular flexibility index (Phi) is 2.70. The molecule has 0 aromatic carbocycles. The maximum absolute atomic E-state index is 5.89. The van der Waals surface area contributed by atoms with Gasteiger partial charge in [0.15, 0.2) is 0 Å². The number of rotatable bonds is 1. The molecule has 1 nitrogen and oxygen atoms in total. The van der Waals surface area contributed by atoms with Crippen LogP contribution in [0.4, 0.5) is 0 Å². The standard InChI is InChI=1S/C10H9BrClN/c11-6-7-5-10(12)13-9-4-2-1-3-8(7)9/h3-5H,1-2,6H2. The van der Waals surface area contributed by atoms with Gasteiger partial charge < -0.3 is 0 Å². The third-order valence-corrected chi connectivity index (χ3v) is 2.94. The van der Waals surface area contributed by atoms with Crippen LogP contribution in [0.25, 0.3) is 12.2 Å². The fourth-order valence-corrected chi connectivity index (χ4v) is 2.23. The van der Waals surface area contributed by atoms with E-state index < -0.39 is 0 Å². The molecule has 0 bridgehead atoms. The smallest absolute Gasteiger partial charge is 0.130 e. The minimum atomic E-state index is 0.583. The molecule has 0 saturated heterocycles. The molecule has 1 aromatic heterocycles. The number of fused-ring (bicyclic) bond motifs is 1. The van der Waals surface area contributed by atoms with E-state index >= 15 is 0 Å². The van der Waals surface area contributed by atoms with Gasteiger partial charge in [0.05, 0.1) is 5.35 Å². The van der Waals surface area contributed by atoms with E-state index in [-0.39, 0.29) is 0 Å². The van der Waals surface area contributed by atoms with E-state index in [1.807, 2.05) is 6.07 Å². The highest BCUT2D eigenvalue weighted by molar-refractivity contribution is 9.08. The summed E-state index contributed by atoms with van der Waals surface area (Å²) in [4.78, 5) is 4.28. The Morgan fingerprint density at radius 2 is 2.15 bits per heavy atom. The lowest BCUT2D eigenvalue weighted by Crippen LogP contribution is -2.33. The number of hydrogen-bond donors (Lipinski definition) is 0. The molecule has 68 valence electrons. The van der Waals surface area contributed by atoms with Crippen LogP contribution in [-0.4, -0.2) is 4.98 Å². The highest BCUT2D eigenvalue weighted by Gasteiger charge is 2.02. The monoisotopic (exact) mass is 257 g/mol. The number of hydrogen-bond acceptors (Lipinski definition) is 1. The Balaban J connectivity index is 2.79. The molecule has 1 aliphatic carbocycles. The number of pyridine rings is 1. The molecular weight excluding hydrogens is 249 g/mol. The van der Waals surface area contributed by atoms with Gasteiger partial charge in [-0.1, -0.05) is 39.7 Å². The van der Waals surface area contributed by atoms with Crippen molar-refractivity contribution in [3.05, 3.63) is 27.4 Å². The Hall–Kier alpha value is -0.340. The summed E-state index contributed by atoms with van der Waals surface area (Å²) in [7, 11) is 0. The quantitative estimate of drug-likeness (QED) is 0.554. The summed E-state index contributed by atoms with van der Waals surface area (Å²) in [6.07, 6.45) is 6.56. The summed E-state index contributed by atoms with van der Waals surface area (Å²) < 4.78 is 0. The van der Waals surface area contributed by atoms with E-state index in [0.717, 1.165) is 23.5 Å². The largest absolute Gasteiger partial charge is 0.236 e. The zero-order valence-electron chi connectivity index (χ0n) is 7.06. The fraction of sp³-hybridized carbons (Fsp3) is 0.300. The predicted octanol–water partition coefficient (Wildman–Crippen LogP) is 1.98. The van der Waals surface area contributed by atoms with E-state index in [1.165, 1.54) is 10.8 Å². The molecule has 0 aliphatic heterocycles. The summed E-state index contributed by atoms with van der Waals surface area (Å²) in [5.74, 6) is 0. The molecule has 0 amide bonds. The molecule has 13 heavy (non-hydrogen) atoms. The molecule has 1 aromatic rings. The SMILES string of the molecule is Clc1cc(CBr)c2c(n1)=CCCC=2. The van der Waals surface area contributed by atoms with E-state index in [1.54, 1.807) is 0 Å². The van der Waals surface area contributed by atoms with Crippen molar-refractivity contribution in [1.82, 2.24) is 4.98 Å². The Morgan fingerprint density at radius 3 is 2.92 bits per heavy atom. The Bertz CT molecular complexity index is 439. The molecule has 0 atom stereocenters. The molecule has 1 heterocycles. The van der Waals surface area contributed by atoms with Crippen molar-refractivity contribution in [2.45, 2.75) is 18.2 Å². The van der Waals surface area contributed by atoms with Crippen molar-refractivity contribution < 1.29 is 0 Å². The van der Waals surface area contributed by atoms with E-state index in [9.17, 15) is 0 Å². The van der Waals surface area contributed by atoms with Crippen LogP contribution in [0.2, 0.25) is 5.15 Å². The van der Waals surface area contributed by atoms with Gasteiger partial charge in [-0.25, -0.2) is 4.98 Å². The fourth-order valence-electron chi connectivity index (χ4n) is 1.54. The Morgan fingerprint density at radius 1 is 1.38 bits per heavy atom. The van der Waals surface area contributed by atoms with Crippen molar-refractivity contribution in [2.24, 2.45) is 0 Å². The summed E-state index contributed by atoms with van der Waals surface area (Å²) >= 11 is 9.35. The Labute approximate surface area is 90.3 Å². The van der Waals surface area contributed by atoms with Crippen LogP contribution in [-0.2, 0) is 5.33 Å². The van der Waals surface area contributed by atoms with E-state index in [0.29, 0.717) is 5.15 Å². The lowest BCUT2D eigenvalue weighted by molar-refractivity contribution is 1.06. The van der Waals surface area contributed by atoms with Crippen LogP contribution in [0.1, 0.15) is 18.4 Å². The summed E-state index contributed by atoms with van der Waals surface area (Å²) in [6, 6.07) is 1.92. The highest BCUT2D eigenvalue weighted by atomic mass is 79.9. The topological polar surface area (TPSA) is 12.9 Å². The van der Waals surface area contributed by atoms with Crippen LogP contribution >= 0.6 is 27.5 Å². The van der Waals surface area contributed by atoms with Gasteiger partial charge in [0.2, 0.25) is 0 Å². The lowest BCUT2D eigenvalue weighted by Gasteiger charge is -2.04. The van der Waals surface area contributed by atoms with Crippen molar-refractivity contribution >= 4 is 39.7 Å². The van der Waals surface area contributed by atoms with Crippen molar-refractivity contribution in [3.63, 3.8) is 0 Å². The maximum atomic E-state index is 5.89. The normalized spacial score (nSPS) is 14.3. The lowest BCUT2D eigenvalue weighted by atomic mass is 10.1. The van der Waals surface area contributed by atoms with Crippen molar-refractivity contribution in [3.8, 4) is 0 Å². The number of aromatic nitrogens is 1. The number of halogens is 2. The van der Waals surface area contributed by atoms with Gasteiger partial charge in [-0.05, 0) is 24.5 Å². The van der Waals surface area contributed by atoms with Crippen molar-refractivity contribution in [2.75, 3.05) is 0 Å². The second kappa shape index (κ2) is 3.81. The van der Waals surface area contributed by atoms with Crippen LogP contribution in [0.3, 0.4) is 0 Å². The molecule has 1 aliphatic rings. The van der Waals surface area contributed by atoms with Gasteiger partial charge in [0, 0.05) is 10.5 Å². The summed E-state index contributed by atoms with van der Waals surface area (Å²) in [6.45, 7) is 0. The predicted molar refractivity (Wildman–Crippen MR) is 59.3 cm³/mol. The summed E-state index contributed by atoms with van der Waals surface area (Å²) in [5.41, 5.74) is 1.23. The van der Waals surface area contributed by atoms with Gasteiger partial charge >= 0.3 is 0 Å². The van der Waals surface area contributed by atoms with Crippen LogP contribution in [0.5, 0.6) is 0 Å². The first-order valence-electron chi connectivity index (χ1n) is 4.23. The average molecular weight is 259 g/mol. The molecule has 0 spiro atoms. The van der Waals surface area contributed by atoms with Gasteiger partial charge in [-0.15, -0.1) is 0 Å². The molecular formula is C10H9BrClN. The van der Waals surface area contributed by atoms with Gasteiger partial charge in [-0.2, -0.15) is 0 Å². The second-order valence-electron chi connectivity index (χ2n) is 3.02. The van der Waals surface area contributed by atoms with Crippen LogP contribution in [0, 0.1) is 0 Å². The van der Waals surface area contributed by atoms with Gasteiger partial charge in [0.1, 0.15) is 5.15 Å². The molecule has 0 unspecified atom stereocenters. The van der Waals surface area contributed by atoms with Crippen LogP contribution in [0.15, 0.2) is 6.07 Å². The zero-order valence-corrected chi connectivity index (χ0v) is 9.40. The van der Waals surface area contributed by atoms with Gasteiger partial charge in [0.25, 0.3) is 0 Å². The highest BCUT2D eigenvalue weighted by Crippen LogP contribution is 2.06. The minimum absolute atomic E-state index is 0.583. The van der Waals surface area contributed by atoms with E-state index in [2.05, 4.69) is 33.1 Å². The molecule has 0 radical (unpaired) electrons. The second-order valence-corrected chi connectivity index (χ2v) is 3.97. The molecule has 0 fully saturated rings. The third kappa shape index (κ3) is 1.79. The average Bonchev–Trinajstić information content (AvgIpc) is 2.16. The van der Waals surface area contributed by atoms with Gasteiger partial charge in [-0.3, -0.25) is 0 Å². The molecule has 2 rings (SSSR count). The maximum Gasteiger partial charge on any atom is 0.130 e. The number of nitrogens with zero attached hydrogens (tertiary/aromatic N) is 1. The zero-order chi connectivity index (χ0) is 9.26. The number of alkyl halides is 1. The third-order valence-electron chi connectivity index (χ3n) is 2.14. The van der Waals surface area contributed by atoms with E-state index in [4.69, 9.17) is 11.6 Å². The van der Waals surface area contributed by atoms with Crippen LogP contribution < -0.4 is 10.6 Å².